The average molecular weight is 275 g/mol. The van der Waals surface area contributed by atoms with Gasteiger partial charge in [0.05, 0.1) is 12.7 Å². The van der Waals surface area contributed by atoms with E-state index in [1.54, 1.807) is 6.07 Å². The number of amides is 1. The summed E-state index contributed by atoms with van der Waals surface area (Å²) in [5, 5.41) is 14.3. The molecule has 20 heavy (non-hydrogen) atoms. The van der Waals surface area contributed by atoms with Gasteiger partial charge in [-0.1, -0.05) is 13.0 Å². The van der Waals surface area contributed by atoms with Crippen molar-refractivity contribution in [2.24, 2.45) is 5.92 Å². The summed E-state index contributed by atoms with van der Waals surface area (Å²) in [7, 11) is 1.82. The molecule has 0 aromatic heterocycles. The molecule has 1 atom stereocenters. The second-order valence-electron chi connectivity index (χ2n) is 4.59. The molecule has 1 unspecified atom stereocenters. The minimum Gasteiger partial charge on any atom is -0.493 e. The maximum absolute atomic E-state index is 11.9. The predicted octanol–water partition coefficient (Wildman–Crippen LogP) is 2.16. The summed E-state index contributed by atoms with van der Waals surface area (Å²) in [6, 6.07) is 9.35. The number of unbranched alkanes of at least 4 members (excludes halogenated alkanes) is 1. The van der Waals surface area contributed by atoms with Gasteiger partial charge >= 0.3 is 0 Å². The molecule has 0 spiro atoms. The van der Waals surface area contributed by atoms with E-state index >= 15 is 0 Å². The fraction of sp³-hybridized carbons (Fsp3) is 0.467. The SMILES string of the molecule is CNCC(C)C(=O)Nc1cccc(OCCCC#N)c1. The lowest BCUT2D eigenvalue weighted by Crippen LogP contribution is -2.28. The van der Waals surface area contributed by atoms with Crippen molar-refractivity contribution in [1.82, 2.24) is 5.32 Å². The van der Waals surface area contributed by atoms with Crippen LogP contribution in [-0.2, 0) is 4.79 Å². The van der Waals surface area contributed by atoms with E-state index in [1.165, 1.54) is 0 Å². The Morgan fingerprint density at radius 3 is 3.00 bits per heavy atom. The summed E-state index contributed by atoms with van der Waals surface area (Å²) in [5.41, 5.74) is 0.718. The predicted molar refractivity (Wildman–Crippen MR) is 78.5 cm³/mol. The number of carbonyl (C=O) groups is 1. The van der Waals surface area contributed by atoms with Crippen LogP contribution in [0, 0.1) is 17.2 Å². The van der Waals surface area contributed by atoms with E-state index < -0.39 is 0 Å². The number of nitriles is 1. The Labute approximate surface area is 119 Å². The number of benzene rings is 1. The summed E-state index contributed by atoms with van der Waals surface area (Å²) < 4.78 is 5.52. The Bertz CT molecular complexity index is 468. The van der Waals surface area contributed by atoms with Crippen molar-refractivity contribution in [3.05, 3.63) is 24.3 Å². The Kier molecular flexibility index (Phi) is 7.15. The molecule has 1 aromatic carbocycles. The Morgan fingerprint density at radius 2 is 2.30 bits per heavy atom. The van der Waals surface area contributed by atoms with Gasteiger partial charge in [-0.3, -0.25) is 4.79 Å². The van der Waals surface area contributed by atoms with Crippen LogP contribution in [0.3, 0.4) is 0 Å². The zero-order valence-corrected chi connectivity index (χ0v) is 12.0. The third-order valence-electron chi connectivity index (χ3n) is 2.76. The monoisotopic (exact) mass is 275 g/mol. The van der Waals surface area contributed by atoms with Crippen LogP contribution in [0.4, 0.5) is 5.69 Å². The number of nitrogens with zero attached hydrogens (tertiary/aromatic N) is 1. The fourth-order valence-corrected chi connectivity index (χ4v) is 1.67. The van der Waals surface area contributed by atoms with E-state index in [0.29, 0.717) is 31.7 Å². The molecular weight excluding hydrogens is 254 g/mol. The zero-order valence-electron chi connectivity index (χ0n) is 12.0. The standard InChI is InChI=1S/C15H21N3O2/c1-12(11-17-2)15(19)18-13-6-5-7-14(10-13)20-9-4-3-8-16/h5-7,10,12,17H,3-4,9,11H2,1-2H3,(H,18,19). The number of rotatable bonds is 8. The van der Waals surface area contributed by atoms with E-state index in [1.807, 2.05) is 32.2 Å². The number of ether oxygens (including phenoxy) is 1. The van der Waals surface area contributed by atoms with Crippen molar-refractivity contribution in [3.63, 3.8) is 0 Å². The van der Waals surface area contributed by atoms with Crippen molar-refractivity contribution in [2.75, 3.05) is 25.5 Å². The highest BCUT2D eigenvalue weighted by Crippen LogP contribution is 2.18. The third kappa shape index (κ3) is 5.72. The molecule has 5 nitrogen and oxygen atoms in total. The highest BCUT2D eigenvalue weighted by Gasteiger charge is 2.11. The summed E-state index contributed by atoms with van der Waals surface area (Å²) in [6.45, 7) is 3.01. The quantitative estimate of drug-likeness (QED) is 0.713. The molecular formula is C15H21N3O2. The maximum Gasteiger partial charge on any atom is 0.228 e. The first-order chi connectivity index (χ1) is 9.67. The van der Waals surface area contributed by atoms with E-state index in [0.717, 1.165) is 5.69 Å². The molecule has 1 aromatic rings. The van der Waals surface area contributed by atoms with E-state index in [4.69, 9.17) is 10.00 Å². The molecule has 0 heterocycles. The molecule has 5 heteroatoms. The summed E-state index contributed by atoms with van der Waals surface area (Å²) in [4.78, 5) is 11.9. The summed E-state index contributed by atoms with van der Waals surface area (Å²) >= 11 is 0. The van der Waals surface area contributed by atoms with Gasteiger partial charge in [-0.25, -0.2) is 0 Å². The molecule has 1 rings (SSSR count). The molecule has 108 valence electrons. The number of nitrogens with one attached hydrogen (secondary N) is 2. The van der Waals surface area contributed by atoms with Gasteiger partial charge in [0.25, 0.3) is 0 Å². The van der Waals surface area contributed by atoms with Crippen molar-refractivity contribution < 1.29 is 9.53 Å². The molecule has 2 N–H and O–H groups in total. The molecule has 0 aliphatic heterocycles. The molecule has 0 saturated carbocycles. The largest absolute Gasteiger partial charge is 0.493 e. The van der Waals surface area contributed by atoms with Crippen molar-refractivity contribution in [3.8, 4) is 11.8 Å². The second kappa shape index (κ2) is 8.94. The van der Waals surface area contributed by atoms with Gasteiger partial charge in [0.1, 0.15) is 5.75 Å². The van der Waals surface area contributed by atoms with Gasteiger partial charge in [-0.05, 0) is 25.6 Å². The van der Waals surface area contributed by atoms with Crippen molar-refractivity contribution >= 4 is 11.6 Å². The first-order valence-corrected chi connectivity index (χ1v) is 6.72. The lowest BCUT2D eigenvalue weighted by molar-refractivity contribution is -0.119. The van der Waals surface area contributed by atoms with E-state index in [2.05, 4.69) is 16.7 Å². The normalized spacial score (nSPS) is 11.4. The first kappa shape index (κ1) is 16.0. The minimum atomic E-state index is -0.0970. The van der Waals surface area contributed by atoms with Gasteiger partial charge in [0.2, 0.25) is 5.91 Å². The van der Waals surface area contributed by atoms with Crippen molar-refractivity contribution in [1.29, 1.82) is 5.26 Å². The van der Waals surface area contributed by atoms with Crippen molar-refractivity contribution in [2.45, 2.75) is 19.8 Å². The zero-order chi connectivity index (χ0) is 14.8. The molecule has 0 fully saturated rings. The molecule has 0 aliphatic carbocycles. The highest BCUT2D eigenvalue weighted by molar-refractivity contribution is 5.92. The van der Waals surface area contributed by atoms with Crippen LogP contribution in [-0.4, -0.2) is 26.1 Å². The number of carbonyl (C=O) groups excluding carboxylic acids is 1. The molecule has 1 amide bonds. The maximum atomic E-state index is 11.9. The molecule has 0 radical (unpaired) electrons. The van der Waals surface area contributed by atoms with Crippen LogP contribution in [0.1, 0.15) is 19.8 Å². The minimum absolute atomic E-state index is 0.0269. The second-order valence-corrected chi connectivity index (χ2v) is 4.59. The lowest BCUT2D eigenvalue weighted by atomic mass is 10.1. The van der Waals surface area contributed by atoms with Crippen LogP contribution in [0.5, 0.6) is 5.75 Å². The van der Waals surface area contributed by atoms with Gasteiger partial charge in [0.15, 0.2) is 0 Å². The number of hydrogen-bond acceptors (Lipinski definition) is 4. The Hall–Kier alpha value is -2.06. The van der Waals surface area contributed by atoms with Crippen LogP contribution in [0.25, 0.3) is 0 Å². The van der Waals surface area contributed by atoms with Crippen LogP contribution in [0.15, 0.2) is 24.3 Å². The Balaban J connectivity index is 2.51. The van der Waals surface area contributed by atoms with Gasteiger partial charge in [-0.15, -0.1) is 0 Å². The summed E-state index contributed by atoms with van der Waals surface area (Å²) in [5.74, 6) is 0.572. The smallest absolute Gasteiger partial charge is 0.228 e. The highest BCUT2D eigenvalue weighted by atomic mass is 16.5. The molecule has 0 aliphatic rings. The third-order valence-corrected chi connectivity index (χ3v) is 2.76. The first-order valence-electron chi connectivity index (χ1n) is 6.72. The van der Waals surface area contributed by atoms with Crippen LogP contribution < -0.4 is 15.4 Å². The topological polar surface area (TPSA) is 74.2 Å². The fourth-order valence-electron chi connectivity index (χ4n) is 1.67. The van der Waals surface area contributed by atoms with E-state index in [-0.39, 0.29) is 11.8 Å². The summed E-state index contributed by atoms with van der Waals surface area (Å²) in [6.07, 6.45) is 1.18. The van der Waals surface area contributed by atoms with E-state index in [9.17, 15) is 4.79 Å². The number of anilines is 1. The number of hydrogen-bond donors (Lipinski definition) is 2. The van der Waals surface area contributed by atoms with Gasteiger partial charge in [-0.2, -0.15) is 5.26 Å². The lowest BCUT2D eigenvalue weighted by Gasteiger charge is -2.12. The molecule has 0 bridgehead atoms. The van der Waals surface area contributed by atoms with Gasteiger partial charge in [0, 0.05) is 30.6 Å². The molecule has 0 saturated heterocycles. The van der Waals surface area contributed by atoms with Gasteiger partial charge < -0.3 is 15.4 Å². The van der Waals surface area contributed by atoms with Crippen LogP contribution >= 0.6 is 0 Å². The average Bonchev–Trinajstić information content (AvgIpc) is 2.44. The Morgan fingerprint density at radius 1 is 1.50 bits per heavy atom. The van der Waals surface area contributed by atoms with Crippen LogP contribution in [0.2, 0.25) is 0 Å².